The smallest absolute Gasteiger partial charge is 0.244 e. The van der Waals surface area contributed by atoms with Crippen LogP contribution in [-0.4, -0.2) is 38.3 Å². The average molecular weight is 292 g/mol. The van der Waals surface area contributed by atoms with Crippen molar-refractivity contribution in [2.24, 2.45) is 0 Å². The monoisotopic (exact) mass is 292 g/mol. The molecule has 21 heavy (non-hydrogen) atoms. The summed E-state index contributed by atoms with van der Waals surface area (Å²) in [6, 6.07) is 5.98. The summed E-state index contributed by atoms with van der Waals surface area (Å²) >= 11 is 0. The molecule has 1 saturated heterocycles. The normalized spacial score (nSPS) is 16.2. The van der Waals surface area contributed by atoms with Gasteiger partial charge < -0.3 is 15.4 Å². The van der Waals surface area contributed by atoms with Crippen LogP contribution in [0.15, 0.2) is 30.3 Å². The third-order valence-corrected chi connectivity index (χ3v) is 3.34. The Hall–Kier alpha value is -1.72. The molecule has 0 aliphatic carbocycles. The van der Waals surface area contributed by atoms with Crippen LogP contribution < -0.4 is 10.6 Å². The van der Waals surface area contributed by atoms with Gasteiger partial charge in [0.05, 0.1) is 12.7 Å². The van der Waals surface area contributed by atoms with Crippen LogP contribution in [0.2, 0.25) is 0 Å². The van der Waals surface area contributed by atoms with Crippen LogP contribution in [-0.2, 0) is 9.53 Å². The van der Waals surface area contributed by atoms with Crippen molar-refractivity contribution in [2.75, 3.05) is 26.2 Å². The molecule has 114 valence electrons. The van der Waals surface area contributed by atoms with E-state index < -0.39 is 0 Å². The van der Waals surface area contributed by atoms with Crippen molar-refractivity contribution in [2.45, 2.75) is 18.9 Å². The van der Waals surface area contributed by atoms with E-state index in [1.807, 2.05) is 0 Å². The molecular formula is C16H21FN2O2. The molecule has 0 aromatic heterocycles. The van der Waals surface area contributed by atoms with Gasteiger partial charge in [-0.15, -0.1) is 0 Å². The molecule has 1 aliphatic rings. The first kappa shape index (κ1) is 15.7. The fourth-order valence-corrected chi connectivity index (χ4v) is 2.17. The van der Waals surface area contributed by atoms with Crippen LogP contribution in [0.25, 0.3) is 6.08 Å². The first-order valence-corrected chi connectivity index (χ1v) is 7.28. The fourth-order valence-electron chi connectivity index (χ4n) is 2.17. The number of piperidine rings is 1. The van der Waals surface area contributed by atoms with Crippen LogP contribution in [0.4, 0.5) is 4.39 Å². The first-order chi connectivity index (χ1) is 10.2. The predicted molar refractivity (Wildman–Crippen MR) is 80.3 cm³/mol. The lowest BCUT2D eigenvalue weighted by Crippen LogP contribution is -2.34. The molecule has 1 aromatic rings. The van der Waals surface area contributed by atoms with E-state index in [1.54, 1.807) is 18.2 Å². The van der Waals surface area contributed by atoms with Crippen molar-refractivity contribution in [1.82, 2.24) is 10.6 Å². The van der Waals surface area contributed by atoms with Crippen molar-refractivity contribution in [3.63, 3.8) is 0 Å². The van der Waals surface area contributed by atoms with Gasteiger partial charge in [0, 0.05) is 12.6 Å². The maximum absolute atomic E-state index is 12.7. The lowest BCUT2D eigenvalue weighted by atomic mass is 10.1. The minimum Gasteiger partial charge on any atom is -0.376 e. The number of benzene rings is 1. The standard InChI is InChI=1S/C16H21FN2O2/c17-14-4-1-13(2-5-14)3-6-16(20)19-11-12-21-15-7-9-18-10-8-15/h1-6,15,18H,7-12H2,(H,19,20). The second kappa shape index (κ2) is 8.54. The topological polar surface area (TPSA) is 50.4 Å². The quantitative estimate of drug-likeness (QED) is 0.620. The number of hydrogen-bond donors (Lipinski definition) is 2. The molecule has 1 amide bonds. The highest BCUT2D eigenvalue weighted by molar-refractivity contribution is 5.91. The Balaban J connectivity index is 1.61. The number of carbonyl (C=O) groups is 1. The van der Waals surface area contributed by atoms with E-state index in [-0.39, 0.29) is 11.7 Å². The highest BCUT2D eigenvalue weighted by atomic mass is 19.1. The molecule has 1 aliphatic heterocycles. The minimum absolute atomic E-state index is 0.173. The minimum atomic E-state index is -0.285. The fraction of sp³-hybridized carbons (Fsp3) is 0.438. The second-order valence-electron chi connectivity index (χ2n) is 5.00. The van der Waals surface area contributed by atoms with Gasteiger partial charge in [-0.1, -0.05) is 12.1 Å². The van der Waals surface area contributed by atoms with Crippen LogP contribution in [0, 0.1) is 5.82 Å². The lowest BCUT2D eigenvalue weighted by Gasteiger charge is -2.22. The molecule has 0 unspecified atom stereocenters. The molecule has 1 aromatic carbocycles. The maximum atomic E-state index is 12.7. The van der Waals surface area contributed by atoms with Crippen molar-refractivity contribution in [3.05, 3.63) is 41.7 Å². The molecule has 0 atom stereocenters. The van der Waals surface area contributed by atoms with E-state index in [2.05, 4.69) is 10.6 Å². The number of carbonyl (C=O) groups excluding carboxylic acids is 1. The largest absolute Gasteiger partial charge is 0.376 e. The van der Waals surface area contributed by atoms with Gasteiger partial charge in [0.25, 0.3) is 0 Å². The predicted octanol–water partition coefficient (Wildman–Crippen LogP) is 1.72. The summed E-state index contributed by atoms with van der Waals surface area (Å²) in [6.45, 7) is 3.02. The summed E-state index contributed by atoms with van der Waals surface area (Å²) in [5.41, 5.74) is 0.789. The number of hydrogen-bond acceptors (Lipinski definition) is 3. The number of rotatable bonds is 6. The number of nitrogens with one attached hydrogen (secondary N) is 2. The number of ether oxygens (including phenoxy) is 1. The zero-order chi connectivity index (χ0) is 14.9. The van der Waals surface area contributed by atoms with Crippen molar-refractivity contribution < 1.29 is 13.9 Å². The van der Waals surface area contributed by atoms with Crippen LogP contribution >= 0.6 is 0 Å². The summed E-state index contributed by atoms with van der Waals surface area (Å²) in [5.74, 6) is -0.458. The summed E-state index contributed by atoms with van der Waals surface area (Å²) in [7, 11) is 0. The van der Waals surface area contributed by atoms with Gasteiger partial charge in [-0.05, 0) is 49.7 Å². The Bertz CT molecular complexity index is 468. The third kappa shape index (κ3) is 6.06. The molecule has 0 saturated carbocycles. The molecule has 0 bridgehead atoms. The first-order valence-electron chi connectivity index (χ1n) is 7.28. The molecule has 1 fully saturated rings. The Morgan fingerprint density at radius 3 is 2.76 bits per heavy atom. The van der Waals surface area contributed by atoms with E-state index in [9.17, 15) is 9.18 Å². The third-order valence-electron chi connectivity index (χ3n) is 3.34. The van der Waals surface area contributed by atoms with E-state index >= 15 is 0 Å². The SMILES string of the molecule is O=C(C=Cc1ccc(F)cc1)NCCOC1CCNCC1. The van der Waals surface area contributed by atoms with Crippen LogP contribution in [0.5, 0.6) is 0 Å². The molecule has 5 heteroatoms. The summed E-state index contributed by atoms with van der Waals surface area (Å²) in [5, 5.41) is 6.04. The van der Waals surface area contributed by atoms with Gasteiger partial charge in [-0.2, -0.15) is 0 Å². The zero-order valence-electron chi connectivity index (χ0n) is 12.0. The summed E-state index contributed by atoms with van der Waals surface area (Å²) in [4.78, 5) is 11.6. The summed E-state index contributed by atoms with van der Waals surface area (Å²) < 4.78 is 18.4. The average Bonchev–Trinajstić information content (AvgIpc) is 2.52. The molecule has 1 heterocycles. The molecule has 2 rings (SSSR count). The number of amides is 1. The van der Waals surface area contributed by atoms with E-state index in [1.165, 1.54) is 18.2 Å². The van der Waals surface area contributed by atoms with E-state index in [0.29, 0.717) is 19.3 Å². The Labute approximate surface area is 124 Å². The van der Waals surface area contributed by atoms with Gasteiger partial charge >= 0.3 is 0 Å². The molecule has 0 spiro atoms. The highest BCUT2D eigenvalue weighted by Crippen LogP contribution is 2.06. The van der Waals surface area contributed by atoms with Gasteiger partial charge in [0.1, 0.15) is 5.82 Å². The van der Waals surface area contributed by atoms with Crippen LogP contribution in [0.3, 0.4) is 0 Å². The Kier molecular flexibility index (Phi) is 6.37. The van der Waals surface area contributed by atoms with Crippen molar-refractivity contribution in [1.29, 1.82) is 0 Å². The molecule has 4 nitrogen and oxygen atoms in total. The van der Waals surface area contributed by atoms with Crippen molar-refractivity contribution >= 4 is 12.0 Å². The van der Waals surface area contributed by atoms with E-state index in [4.69, 9.17) is 4.74 Å². The second-order valence-corrected chi connectivity index (χ2v) is 5.00. The Morgan fingerprint density at radius 2 is 2.05 bits per heavy atom. The maximum Gasteiger partial charge on any atom is 0.244 e. The van der Waals surface area contributed by atoms with Gasteiger partial charge in [-0.25, -0.2) is 4.39 Å². The Morgan fingerprint density at radius 1 is 1.33 bits per heavy atom. The summed E-state index contributed by atoms with van der Waals surface area (Å²) in [6.07, 6.45) is 5.45. The molecular weight excluding hydrogens is 271 g/mol. The lowest BCUT2D eigenvalue weighted by molar-refractivity contribution is -0.116. The number of halogens is 1. The zero-order valence-corrected chi connectivity index (χ0v) is 12.0. The molecule has 2 N–H and O–H groups in total. The van der Waals surface area contributed by atoms with Gasteiger partial charge in [0.15, 0.2) is 0 Å². The molecule has 0 radical (unpaired) electrons. The van der Waals surface area contributed by atoms with E-state index in [0.717, 1.165) is 31.5 Å². The van der Waals surface area contributed by atoms with Crippen LogP contribution in [0.1, 0.15) is 18.4 Å². The van der Waals surface area contributed by atoms with Gasteiger partial charge in [-0.3, -0.25) is 4.79 Å². The van der Waals surface area contributed by atoms with Crippen molar-refractivity contribution in [3.8, 4) is 0 Å². The van der Waals surface area contributed by atoms with Gasteiger partial charge in [0.2, 0.25) is 5.91 Å². The highest BCUT2D eigenvalue weighted by Gasteiger charge is 2.12.